The van der Waals surface area contributed by atoms with E-state index < -0.39 is 11.8 Å². The Balaban J connectivity index is 1.47. The van der Waals surface area contributed by atoms with E-state index in [2.05, 4.69) is 17.6 Å². The van der Waals surface area contributed by atoms with Crippen molar-refractivity contribution in [1.29, 1.82) is 0 Å². The molecule has 0 spiro atoms. The molecule has 1 heterocycles. The molecule has 0 unspecified atom stereocenters. The average Bonchev–Trinajstić information content (AvgIpc) is 3.03. The topological polar surface area (TPSA) is 78.5 Å². The fraction of sp³-hybridized carbons (Fsp3) is 0.0800. The largest absolute Gasteiger partial charge is 0.350 e. The third-order valence-corrected chi connectivity index (χ3v) is 6.10. The van der Waals surface area contributed by atoms with E-state index in [0.717, 1.165) is 11.3 Å². The molecule has 0 saturated carbocycles. The van der Waals surface area contributed by atoms with Gasteiger partial charge in [-0.15, -0.1) is 0 Å². The van der Waals surface area contributed by atoms with Crippen LogP contribution >= 0.6 is 34.8 Å². The number of imide groups is 1. The molecular formula is C25H18Cl3N3O3. The zero-order valence-electron chi connectivity index (χ0n) is 17.9. The molecule has 0 aromatic heterocycles. The lowest BCUT2D eigenvalue weighted by Crippen LogP contribution is -2.32. The van der Waals surface area contributed by atoms with Crippen molar-refractivity contribution in [1.82, 2.24) is 0 Å². The number of hydrogen-bond acceptors (Lipinski definition) is 4. The second kappa shape index (κ2) is 9.89. The SMILES string of the molecule is CCc1ccc(NC(=O)c2ccc(NC3=C(Cl)C(=O)N(c4ccc(Cl)cc4Cl)C3=O)cc2)cc1. The van der Waals surface area contributed by atoms with Crippen LogP contribution in [0.3, 0.4) is 0 Å². The van der Waals surface area contributed by atoms with Crippen LogP contribution in [0.15, 0.2) is 77.5 Å². The molecule has 3 amide bonds. The zero-order valence-corrected chi connectivity index (χ0v) is 20.1. The highest BCUT2D eigenvalue weighted by Gasteiger charge is 2.39. The second-order valence-electron chi connectivity index (χ2n) is 7.44. The van der Waals surface area contributed by atoms with Crippen LogP contribution in [0.1, 0.15) is 22.8 Å². The van der Waals surface area contributed by atoms with Crippen LogP contribution < -0.4 is 15.5 Å². The lowest BCUT2D eigenvalue weighted by Gasteiger charge is -2.16. The summed E-state index contributed by atoms with van der Waals surface area (Å²) in [6, 6.07) is 18.5. The van der Waals surface area contributed by atoms with Crippen molar-refractivity contribution in [2.45, 2.75) is 13.3 Å². The summed E-state index contributed by atoms with van der Waals surface area (Å²) in [5.74, 6) is -1.64. The molecular weight excluding hydrogens is 497 g/mol. The minimum absolute atomic E-state index is 0.0918. The minimum atomic E-state index is -0.705. The van der Waals surface area contributed by atoms with Gasteiger partial charge in [0, 0.05) is 22.0 Å². The molecule has 0 aliphatic carbocycles. The Morgan fingerprint density at radius 1 is 0.853 bits per heavy atom. The van der Waals surface area contributed by atoms with Crippen LogP contribution in [0.4, 0.5) is 17.1 Å². The van der Waals surface area contributed by atoms with Crippen molar-refractivity contribution in [3.05, 3.63) is 98.6 Å². The quantitative estimate of drug-likeness (QED) is 0.382. The molecule has 1 aliphatic rings. The minimum Gasteiger partial charge on any atom is -0.350 e. The monoisotopic (exact) mass is 513 g/mol. The van der Waals surface area contributed by atoms with Gasteiger partial charge in [0.1, 0.15) is 10.7 Å². The van der Waals surface area contributed by atoms with Crippen LogP contribution in [0.2, 0.25) is 10.0 Å². The van der Waals surface area contributed by atoms with Crippen molar-refractivity contribution < 1.29 is 14.4 Å². The van der Waals surface area contributed by atoms with Crippen molar-refractivity contribution in [3.8, 4) is 0 Å². The normalized spacial score (nSPS) is 13.5. The van der Waals surface area contributed by atoms with Crippen LogP contribution in [-0.4, -0.2) is 17.7 Å². The number of hydrogen-bond donors (Lipinski definition) is 2. The highest BCUT2D eigenvalue weighted by atomic mass is 35.5. The van der Waals surface area contributed by atoms with Crippen molar-refractivity contribution in [2.24, 2.45) is 0 Å². The number of anilines is 3. The number of halogens is 3. The molecule has 4 rings (SSSR count). The first-order chi connectivity index (χ1) is 16.3. The van der Waals surface area contributed by atoms with Gasteiger partial charge in [-0.25, -0.2) is 4.90 Å². The summed E-state index contributed by atoms with van der Waals surface area (Å²) in [7, 11) is 0. The van der Waals surface area contributed by atoms with Gasteiger partial charge in [0.25, 0.3) is 17.7 Å². The van der Waals surface area contributed by atoms with Crippen LogP contribution in [0, 0.1) is 0 Å². The van der Waals surface area contributed by atoms with Crippen LogP contribution in [0.5, 0.6) is 0 Å². The maximum atomic E-state index is 12.9. The summed E-state index contributed by atoms with van der Waals surface area (Å²) in [6.45, 7) is 2.06. The third kappa shape index (κ3) is 4.80. The number of carbonyl (C=O) groups excluding carboxylic acids is 3. The first-order valence-electron chi connectivity index (χ1n) is 10.3. The Hall–Kier alpha value is -3.32. The fourth-order valence-electron chi connectivity index (χ4n) is 3.37. The molecule has 3 aromatic carbocycles. The molecule has 9 heteroatoms. The van der Waals surface area contributed by atoms with E-state index in [4.69, 9.17) is 34.8 Å². The van der Waals surface area contributed by atoms with Gasteiger partial charge in [0.05, 0.1) is 10.7 Å². The molecule has 0 radical (unpaired) electrons. The number of nitrogens with zero attached hydrogens (tertiary/aromatic N) is 1. The van der Waals surface area contributed by atoms with Gasteiger partial charge in [-0.2, -0.15) is 0 Å². The van der Waals surface area contributed by atoms with Crippen molar-refractivity contribution in [2.75, 3.05) is 15.5 Å². The van der Waals surface area contributed by atoms with E-state index >= 15 is 0 Å². The van der Waals surface area contributed by atoms with Crippen LogP contribution in [0.25, 0.3) is 0 Å². The number of benzene rings is 3. The first kappa shape index (κ1) is 23.8. The molecule has 172 valence electrons. The lowest BCUT2D eigenvalue weighted by atomic mass is 10.1. The van der Waals surface area contributed by atoms with Gasteiger partial charge >= 0.3 is 0 Å². The van der Waals surface area contributed by atoms with Gasteiger partial charge < -0.3 is 10.6 Å². The fourth-order valence-corrected chi connectivity index (χ4v) is 4.07. The molecule has 1 aliphatic heterocycles. The van der Waals surface area contributed by atoms with Crippen LogP contribution in [-0.2, 0) is 16.0 Å². The maximum Gasteiger partial charge on any atom is 0.283 e. The molecule has 3 aromatic rings. The first-order valence-corrected chi connectivity index (χ1v) is 11.4. The molecule has 0 bridgehead atoms. The smallest absolute Gasteiger partial charge is 0.283 e. The Morgan fingerprint density at radius 3 is 2.12 bits per heavy atom. The zero-order chi connectivity index (χ0) is 24.4. The van der Waals surface area contributed by atoms with E-state index in [1.807, 2.05) is 24.3 Å². The molecule has 0 saturated heterocycles. The predicted molar refractivity (Wildman–Crippen MR) is 136 cm³/mol. The highest BCUT2D eigenvalue weighted by molar-refractivity contribution is 6.54. The lowest BCUT2D eigenvalue weighted by molar-refractivity contribution is -0.120. The predicted octanol–water partition coefficient (Wildman–Crippen LogP) is 6.24. The Bertz CT molecular complexity index is 1320. The third-order valence-electron chi connectivity index (χ3n) is 5.21. The number of aryl methyl sites for hydroxylation is 1. The van der Waals surface area contributed by atoms with Gasteiger partial charge in [-0.1, -0.05) is 53.9 Å². The summed E-state index contributed by atoms with van der Waals surface area (Å²) in [4.78, 5) is 39.0. The molecule has 0 atom stereocenters. The van der Waals surface area contributed by atoms with E-state index in [1.54, 1.807) is 24.3 Å². The Morgan fingerprint density at radius 2 is 1.50 bits per heavy atom. The summed E-state index contributed by atoms with van der Waals surface area (Å²) in [5.41, 5.74) is 2.85. The molecule has 2 N–H and O–H groups in total. The van der Waals surface area contributed by atoms with Gasteiger partial charge in [-0.05, 0) is 66.6 Å². The number of carbonyl (C=O) groups is 3. The number of nitrogens with one attached hydrogen (secondary N) is 2. The second-order valence-corrected chi connectivity index (χ2v) is 8.66. The summed E-state index contributed by atoms with van der Waals surface area (Å²) >= 11 is 18.2. The highest BCUT2D eigenvalue weighted by Crippen LogP contribution is 2.35. The molecule has 34 heavy (non-hydrogen) atoms. The van der Waals surface area contributed by atoms with Crippen molar-refractivity contribution >= 4 is 69.6 Å². The summed E-state index contributed by atoms with van der Waals surface area (Å²) in [5, 5.41) is 5.94. The average molecular weight is 515 g/mol. The van der Waals surface area contributed by atoms with E-state index in [-0.39, 0.29) is 27.3 Å². The maximum absolute atomic E-state index is 12.9. The summed E-state index contributed by atoms with van der Waals surface area (Å²) in [6.07, 6.45) is 0.918. The molecule has 6 nitrogen and oxygen atoms in total. The Labute approximate surface area is 211 Å². The van der Waals surface area contributed by atoms with Gasteiger partial charge in [0.2, 0.25) is 0 Å². The van der Waals surface area contributed by atoms with E-state index in [9.17, 15) is 14.4 Å². The van der Waals surface area contributed by atoms with Gasteiger partial charge in [-0.3, -0.25) is 14.4 Å². The van der Waals surface area contributed by atoms with Crippen molar-refractivity contribution in [3.63, 3.8) is 0 Å². The van der Waals surface area contributed by atoms with E-state index in [0.29, 0.717) is 22.0 Å². The van der Waals surface area contributed by atoms with E-state index in [1.165, 1.54) is 23.8 Å². The Kier molecular flexibility index (Phi) is 6.93. The molecule has 0 fully saturated rings. The number of rotatable bonds is 6. The number of amides is 3. The standard InChI is InChI=1S/C25H18Cl3N3O3/c1-2-14-3-8-18(9-4-14)30-23(32)15-5-10-17(11-6-15)29-22-21(28)24(33)31(25(22)34)20-12-7-16(26)13-19(20)27/h3-13,29H,2H2,1H3,(H,30,32). The van der Waals surface area contributed by atoms with Gasteiger partial charge in [0.15, 0.2) is 0 Å². The summed E-state index contributed by atoms with van der Waals surface area (Å²) < 4.78 is 0.